The molecule has 3 fully saturated rings. The fourth-order valence-corrected chi connectivity index (χ4v) is 8.02. The van der Waals surface area contributed by atoms with Crippen molar-refractivity contribution in [3.63, 3.8) is 0 Å². The maximum absolute atomic E-state index is 17.0. The number of piperidine rings is 1. The average molecular weight is 729 g/mol. The molecule has 0 spiro atoms. The lowest BCUT2D eigenvalue weighted by Crippen LogP contribution is -2.52. The van der Waals surface area contributed by atoms with Crippen molar-refractivity contribution in [3.8, 4) is 23.0 Å². The number of alkyl halides is 3. The first-order valence-electron chi connectivity index (χ1n) is 18.4. The summed E-state index contributed by atoms with van der Waals surface area (Å²) >= 11 is 0. The van der Waals surface area contributed by atoms with Crippen molar-refractivity contribution < 1.29 is 36.5 Å². The van der Waals surface area contributed by atoms with Crippen LogP contribution in [-0.2, 0) is 11.2 Å². The number of fused-ring (bicyclic) bond motifs is 3. The van der Waals surface area contributed by atoms with Gasteiger partial charge in [-0.3, -0.25) is 4.74 Å². The highest BCUT2D eigenvalue weighted by molar-refractivity contribution is 6.02. The summed E-state index contributed by atoms with van der Waals surface area (Å²) < 4.78 is 80.6. The van der Waals surface area contributed by atoms with Gasteiger partial charge in [0.15, 0.2) is 5.82 Å². The van der Waals surface area contributed by atoms with Crippen LogP contribution in [0.1, 0.15) is 63.6 Å². The number of phenols is 1. The van der Waals surface area contributed by atoms with E-state index in [9.17, 15) is 22.7 Å². The third kappa shape index (κ3) is 7.34. The molecule has 2 N–H and O–H groups in total. The number of aromatic nitrogens is 3. The molecule has 3 aliphatic heterocycles. The van der Waals surface area contributed by atoms with E-state index in [4.69, 9.17) is 14.7 Å². The van der Waals surface area contributed by atoms with E-state index in [1.54, 1.807) is 13.0 Å². The molecule has 52 heavy (non-hydrogen) atoms. The lowest BCUT2D eigenvalue weighted by atomic mass is 9.94. The van der Waals surface area contributed by atoms with Gasteiger partial charge in [-0.15, -0.1) is 13.2 Å². The van der Waals surface area contributed by atoms with Gasteiger partial charge in [0.2, 0.25) is 0 Å². The van der Waals surface area contributed by atoms with Crippen LogP contribution in [0.4, 0.5) is 27.8 Å². The molecule has 280 valence electrons. The Kier molecular flexibility index (Phi) is 10.2. The summed E-state index contributed by atoms with van der Waals surface area (Å²) in [6.07, 6.45) is -0.842. The highest BCUT2D eigenvalue weighted by Gasteiger charge is 2.46. The van der Waals surface area contributed by atoms with Crippen LogP contribution in [0.3, 0.4) is 0 Å². The lowest BCUT2D eigenvalue weighted by Gasteiger charge is -2.39. The molecule has 1 unspecified atom stereocenters. The van der Waals surface area contributed by atoms with Crippen molar-refractivity contribution in [2.45, 2.75) is 84.2 Å². The zero-order valence-corrected chi connectivity index (χ0v) is 29.8. The van der Waals surface area contributed by atoms with Gasteiger partial charge >= 0.3 is 12.4 Å². The number of piperazine rings is 1. The van der Waals surface area contributed by atoms with Gasteiger partial charge in [-0.25, -0.2) is 13.8 Å². The van der Waals surface area contributed by atoms with Crippen molar-refractivity contribution in [3.05, 3.63) is 47.2 Å². The molecule has 5 heterocycles. The van der Waals surface area contributed by atoms with E-state index in [2.05, 4.69) is 24.8 Å². The molecule has 4 aliphatic rings. The molecule has 9 nitrogen and oxygen atoms in total. The number of nitrogens with zero attached hydrogens (tertiary/aromatic N) is 5. The Hall–Kier alpha value is -3.88. The smallest absolute Gasteiger partial charge is 0.508 e. The molecule has 2 aromatic heterocycles. The van der Waals surface area contributed by atoms with Crippen molar-refractivity contribution in [2.24, 2.45) is 5.41 Å². The summed E-state index contributed by atoms with van der Waals surface area (Å²) in [7, 11) is 0. The van der Waals surface area contributed by atoms with Crippen LogP contribution in [0, 0.1) is 24.0 Å². The summed E-state index contributed by atoms with van der Waals surface area (Å²) in [4.78, 5) is 18.8. The standard InChI is InChI=1S/C36H39F5N6O3.C2H6/c1-20-26(37)6-5-21-15-23(48)16-25(28(20)21)31-30(38)32-29-27(43-31)4-2-3-22-17-42-11-14-47(22)33(29)45-34(44-32)49-19-35(9-10-35)18-46-12-7-24(8-13-46)50-36(39,40)41;1-2/h5-6,15-16,22,24,42,48H,2-4,7-14,17-19H2,1H3;1-2H3. The quantitative estimate of drug-likeness (QED) is 0.188. The summed E-state index contributed by atoms with van der Waals surface area (Å²) in [6, 6.07) is 6.01. The normalized spacial score (nSPS) is 20.5. The van der Waals surface area contributed by atoms with E-state index in [0.717, 1.165) is 38.8 Å². The Balaban J connectivity index is 0.00000207. The molecule has 0 radical (unpaired) electrons. The highest BCUT2D eigenvalue weighted by Crippen LogP contribution is 2.47. The first kappa shape index (κ1) is 36.5. The molecular formula is C38H45F5N6O3. The number of halogens is 5. The molecule has 1 atom stereocenters. The maximum atomic E-state index is 17.0. The number of pyridine rings is 1. The van der Waals surface area contributed by atoms with E-state index in [1.807, 2.05) is 13.8 Å². The number of hydrogen-bond acceptors (Lipinski definition) is 9. The summed E-state index contributed by atoms with van der Waals surface area (Å²) in [6.45, 7) is 9.73. The Morgan fingerprint density at radius 2 is 1.77 bits per heavy atom. The van der Waals surface area contributed by atoms with E-state index in [-0.39, 0.29) is 46.6 Å². The fourth-order valence-electron chi connectivity index (χ4n) is 8.02. The molecule has 2 saturated heterocycles. The summed E-state index contributed by atoms with van der Waals surface area (Å²) in [5, 5.41) is 15.7. The number of likely N-dealkylation sites (tertiary alicyclic amines) is 1. The Morgan fingerprint density at radius 3 is 2.50 bits per heavy atom. The zero-order chi connectivity index (χ0) is 36.8. The molecular weight excluding hydrogens is 683 g/mol. The number of aryl methyl sites for hydroxylation is 2. The second-order valence-electron chi connectivity index (χ2n) is 14.3. The van der Waals surface area contributed by atoms with Gasteiger partial charge < -0.3 is 25.0 Å². The third-order valence-electron chi connectivity index (χ3n) is 10.8. The van der Waals surface area contributed by atoms with Crippen LogP contribution < -0.4 is 15.0 Å². The fraction of sp³-hybridized carbons (Fsp3) is 0.553. The first-order valence-corrected chi connectivity index (χ1v) is 18.4. The van der Waals surface area contributed by atoms with Crippen LogP contribution in [0.5, 0.6) is 11.8 Å². The van der Waals surface area contributed by atoms with Crippen molar-refractivity contribution in [1.82, 2.24) is 25.2 Å². The minimum absolute atomic E-state index is 0.0216. The number of nitrogens with one attached hydrogen (secondary N) is 1. The van der Waals surface area contributed by atoms with Crippen LogP contribution >= 0.6 is 0 Å². The van der Waals surface area contributed by atoms with Gasteiger partial charge in [0.05, 0.1) is 23.8 Å². The molecule has 0 amide bonds. The third-order valence-corrected chi connectivity index (χ3v) is 10.8. The first-order chi connectivity index (χ1) is 25.0. The summed E-state index contributed by atoms with van der Waals surface area (Å²) in [5.74, 6) is -0.669. The number of anilines is 1. The van der Waals surface area contributed by atoms with Crippen LogP contribution in [0.15, 0.2) is 24.3 Å². The monoisotopic (exact) mass is 728 g/mol. The molecule has 0 bridgehead atoms. The van der Waals surface area contributed by atoms with Gasteiger partial charge in [0.1, 0.15) is 28.6 Å². The Bertz CT molecular complexity index is 1950. The van der Waals surface area contributed by atoms with Gasteiger partial charge in [-0.2, -0.15) is 9.97 Å². The molecule has 2 aromatic carbocycles. The van der Waals surface area contributed by atoms with Crippen LogP contribution in [0.25, 0.3) is 32.9 Å². The number of phenolic OH excluding ortho intramolecular Hbond substituents is 1. The van der Waals surface area contributed by atoms with Crippen LogP contribution in [-0.4, -0.2) is 89.3 Å². The number of benzene rings is 2. The lowest BCUT2D eigenvalue weighted by molar-refractivity contribution is -0.345. The molecule has 4 aromatic rings. The van der Waals surface area contributed by atoms with Gasteiger partial charge in [-0.05, 0) is 86.4 Å². The number of rotatable bonds is 7. The Morgan fingerprint density at radius 1 is 1.00 bits per heavy atom. The van der Waals surface area contributed by atoms with Crippen LogP contribution in [0.2, 0.25) is 0 Å². The van der Waals surface area contributed by atoms with Crippen molar-refractivity contribution in [1.29, 1.82) is 0 Å². The number of hydrogen-bond donors (Lipinski definition) is 2. The van der Waals surface area contributed by atoms with Crippen molar-refractivity contribution in [2.75, 3.05) is 50.8 Å². The van der Waals surface area contributed by atoms with E-state index in [1.165, 1.54) is 18.2 Å². The average Bonchev–Trinajstić information content (AvgIpc) is 3.89. The van der Waals surface area contributed by atoms with Gasteiger partial charge in [0.25, 0.3) is 0 Å². The second-order valence-corrected chi connectivity index (χ2v) is 14.3. The number of aromatic hydroxyl groups is 1. The summed E-state index contributed by atoms with van der Waals surface area (Å²) in [5.41, 5.74) is 1.08. The molecule has 14 heteroatoms. The minimum Gasteiger partial charge on any atom is -0.508 e. The topological polar surface area (TPSA) is 95.9 Å². The van der Waals surface area contributed by atoms with Gasteiger partial charge in [-0.1, -0.05) is 19.9 Å². The van der Waals surface area contributed by atoms with E-state index < -0.39 is 24.1 Å². The largest absolute Gasteiger partial charge is 0.522 e. The van der Waals surface area contributed by atoms with Gasteiger partial charge in [0, 0.05) is 56.3 Å². The predicted octanol–water partition coefficient (Wildman–Crippen LogP) is 7.44. The maximum Gasteiger partial charge on any atom is 0.522 e. The molecule has 8 rings (SSSR count). The second kappa shape index (κ2) is 14.5. The molecule has 1 saturated carbocycles. The predicted molar refractivity (Wildman–Crippen MR) is 189 cm³/mol. The van der Waals surface area contributed by atoms with Crippen molar-refractivity contribution >= 4 is 27.5 Å². The highest BCUT2D eigenvalue weighted by atomic mass is 19.4. The number of ether oxygens (including phenoxy) is 2. The zero-order valence-electron chi connectivity index (χ0n) is 29.8. The molecule has 1 aliphatic carbocycles. The Labute approximate surface area is 299 Å². The van der Waals surface area contributed by atoms with E-state index in [0.29, 0.717) is 78.7 Å². The SMILES string of the molecule is CC.Cc1c(F)ccc2cc(O)cc(-c3nc4c5c(nc(OCC6(CN7CCC(OC(F)(F)F)CC7)CC6)nc5c3F)N3CCNCC3CCC4)c12. The van der Waals surface area contributed by atoms with E-state index >= 15 is 4.39 Å². The minimum atomic E-state index is -4.63.